The van der Waals surface area contributed by atoms with Gasteiger partial charge in [0.25, 0.3) is 5.91 Å². The molecule has 21 heavy (non-hydrogen) atoms. The molecule has 2 heterocycles. The molecule has 3 N–H and O–H groups in total. The predicted molar refractivity (Wildman–Crippen MR) is 92.3 cm³/mol. The molecular weight excluding hydrogens is 302 g/mol. The van der Waals surface area contributed by atoms with Crippen LogP contribution in [-0.2, 0) is 0 Å². The molecule has 3 rings (SSSR count). The highest BCUT2D eigenvalue weighted by Crippen LogP contribution is 2.33. The first-order valence-corrected chi connectivity index (χ1v) is 9.08. The number of carbonyl (C=O) groups excluding carboxylic acids is 1. The minimum atomic E-state index is -0.0555. The number of benzene rings is 1. The van der Waals surface area contributed by atoms with Gasteiger partial charge < -0.3 is 11.1 Å². The number of rotatable bonds is 4. The number of hydrogen-bond donors (Lipinski definition) is 2. The number of nitrogens with one attached hydrogen (secondary N) is 1. The predicted octanol–water partition coefficient (Wildman–Crippen LogP) is 2.26. The SMILES string of the molecule is Nc1c(C(=O)NCCN2CCSCC2)sc2ccccc12. The fourth-order valence-electron chi connectivity index (χ4n) is 2.47. The molecular formula is C15H19N3OS2. The smallest absolute Gasteiger partial charge is 0.263 e. The Balaban J connectivity index is 1.60. The van der Waals surface area contributed by atoms with E-state index in [4.69, 9.17) is 5.73 Å². The summed E-state index contributed by atoms with van der Waals surface area (Å²) in [7, 11) is 0. The zero-order valence-corrected chi connectivity index (χ0v) is 13.4. The van der Waals surface area contributed by atoms with Gasteiger partial charge in [-0.1, -0.05) is 18.2 Å². The standard InChI is InChI=1S/C15H19N3OS2/c16-13-11-3-1-2-4-12(11)21-14(13)15(19)17-5-6-18-7-9-20-10-8-18/h1-4H,5-10,16H2,(H,17,19). The van der Waals surface area contributed by atoms with E-state index in [1.807, 2.05) is 36.0 Å². The fourth-order valence-corrected chi connectivity index (χ4v) is 4.48. The molecule has 0 aliphatic carbocycles. The summed E-state index contributed by atoms with van der Waals surface area (Å²) in [5, 5.41) is 3.96. The molecule has 1 aromatic carbocycles. The molecule has 0 atom stereocenters. The van der Waals surface area contributed by atoms with Crippen LogP contribution in [0.25, 0.3) is 10.1 Å². The quantitative estimate of drug-likeness (QED) is 0.907. The second kappa shape index (κ2) is 6.68. The Bertz CT molecular complexity index is 635. The van der Waals surface area contributed by atoms with Gasteiger partial charge in [0.2, 0.25) is 0 Å². The Hall–Kier alpha value is -1.24. The maximum absolute atomic E-state index is 12.3. The number of thioether (sulfide) groups is 1. The van der Waals surface area contributed by atoms with Gasteiger partial charge in [-0.2, -0.15) is 11.8 Å². The summed E-state index contributed by atoms with van der Waals surface area (Å²) >= 11 is 3.46. The topological polar surface area (TPSA) is 58.4 Å². The molecule has 0 saturated carbocycles. The van der Waals surface area contributed by atoms with Crippen molar-refractivity contribution in [3.8, 4) is 0 Å². The number of nitrogens with zero attached hydrogens (tertiary/aromatic N) is 1. The second-order valence-corrected chi connectivity index (χ2v) is 7.33. The van der Waals surface area contributed by atoms with Gasteiger partial charge in [-0.25, -0.2) is 0 Å². The van der Waals surface area contributed by atoms with E-state index in [0.717, 1.165) is 29.7 Å². The molecule has 1 fully saturated rings. The lowest BCUT2D eigenvalue weighted by atomic mass is 10.2. The molecule has 0 radical (unpaired) electrons. The van der Waals surface area contributed by atoms with Crippen molar-refractivity contribution in [2.45, 2.75) is 0 Å². The van der Waals surface area contributed by atoms with Gasteiger partial charge in [-0.3, -0.25) is 9.69 Å². The van der Waals surface area contributed by atoms with Crippen molar-refractivity contribution in [3.63, 3.8) is 0 Å². The normalized spacial score (nSPS) is 16.2. The number of hydrogen-bond acceptors (Lipinski definition) is 5. The molecule has 0 unspecified atom stereocenters. The highest BCUT2D eigenvalue weighted by atomic mass is 32.2. The molecule has 1 saturated heterocycles. The Morgan fingerprint density at radius 3 is 2.81 bits per heavy atom. The molecule has 4 nitrogen and oxygen atoms in total. The third kappa shape index (κ3) is 3.33. The summed E-state index contributed by atoms with van der Waals surface area (Å²) < 4.78 is 1.06. The summed E-state index contributed by atoms with van der Waals surface area (Å²) in [4.78, 5) is 15.3. The Morgan fingerprint density at radius 2 is 2.05 bits per heavy atom. The average molecular weight is 321 g/mol. The Morgan fingerprint density at radius 1 is 1.29 bits per heavy atom. The number of thiophene rings is 1. The molecule has 0 bridgehead atoms. The highest BCUT2D eigenvalue weighted by Gasteiger charge is 2.16. The van der Waals surface area contributed by atoms with Crippen LogP contribution >= 0.6 is 23.1 Å². The average Bonchev–Trinajstić information content (AvgIpc) is 2.86. The fraction of sp³-hybridized carbons (Fsp3) is 0.400. The maximum Gasteiger partial charge on any atom is 0.263 e. The minimum absolute atomic E-state index is 0.0555. The largest absolute Gasteiger partial charge is 0.397 e. The van der Waals surface area contributed by atoms with Crippen molar-refractivity contribution in [2.24, 2.45) is 0 Å². The van der Waals surface area contributed by atoms with Gasteiger partial charge in [0, 0.05) is 47.8 Å². The molecule has 1 amide bonds. The first-order chi connectivity index (χ1) is 10.3. The van der Waals surface area contributed by atoms with Crippen LogP contribution in [0.5, 0.6) is 0 Å². The van der Waals surface area contributed by atoms with Crippen molar-refractivity contribution in [1.82, 2.24) is 10.2 Å². The van der Waals surface area contributed by atoms with Gasteiger partial charge in [-0.05, 0) is 6.07 Å². The second-order valence-electron chi connectivity index (χ2n) is 5.05. The first kappa shape index (κ1) is 14.7. The first-order valence-electron chi connectivity index (χ1n) is 7.11. The monoisotopic (exact) mass is 321 g/mol. The lowest BCUT2D eigenvalue weighted by Gasteiger charge is -2.25. The van der Waals surface area contributed by atoms with Crippen LogP contribution in [0.1, 0.15) is 9.67 Å². The Kier molecular flexibility index (Phi) is 4.67. The molecule has 0 spiro atoms. The number of nitrogens with two attached hydrogens (primary N) is 1. The van der Waals surface area contributed by atoms with E-state index in [1.165, 1.54) is 22.8 Å². The summed E-state index contributed by atoms with van der Waals surface area (Å²) in [6.45, 7) is 3.82. The number of anilines is 1. The van der Waals surface area contributed by atoms with Crippen molar-refractivity contribution in [3.05, 3.63) is 29.1 Å². The van der Waals surface area contributed by atoms with Gasteiger partial charge >= 0.3 is 0 Å². The van der Waals surface area contributed by atoms with Crippen LogP contribution in [0.3, 0.4) is 0 Å². The van der Waals surface area contributed by atoms with Crippen LogP contribution in [0.2, 0.25) is 0 Å². The highest BCUT2D eigenvalue weighted by molar-refractivity contribution is 7.99. The zero-order chi connectivity index (χ0) is 14.7. The van der Waals surface area contributed by atoms with Gasteiger partial charge in [0.05, 0.1) is 5.69 Å². The molecule has 1 aliphatic rings. The van der Waals surface area contributed by atoms with E-state index >= 15 is 0 Å². The number of nitrogen functional groups attached to an aromatic ring is 1. The summed E-state index contributed by atoms with van der Waals surface area (Å²) in [6.07, 6.45) is 0. The Labute approximate surface area is 132 Å². The summed E-state index contributed by atoms with van der Waals surface area (Å²) in [5.41, 5.74) is 6.69. The van der Waals surface area contributed by atoms with Crippen molar-refractivity contribution < 1.29 is 4.79 Å². The lowest BCUT2D eigenvalue weighted by Crippen LogP contribution is -2.39. The van der Waals surface area contributed by atoms with Crippen LogP contribution in [0.4, 0.5) is 5.69 Å². The lowest BCUT2D eigenvalue weighted by molar-refractivity contribution is 0.0954. The third-order valence-corrected chi connectivity index (χ3v) is 5.79. The van der Waals surface area contributed by atoms with E-state index in [2.05, 4.69) is 10.2 Å². The number of fused-ring (bicyclic) bond motifs is 1. The van der Waals surface area contributed by atoms with Crippen molar-refractivity contribution >= 4 is 44.8 Å². The van der Waals surface area contributed by atoms with E-state index in [0.29, 0.717) is 17.1 Å². The number of carbonyl (C=O) groups is 1. The van der Waals surface area contributed by atoms with Gasteiger partial charge in [0.15, 0.2) is 0 Å². The van der Waals surface area contributed by atoms with Crippen molar-refractivity contribution in [1.29, 1.82) is 0 Å². The van der Waals surface area contributed by atoms with E-state index in [9.17, 15) is 4.79 Å². The van der Waals surface area contributed by atoms with E-state index in [1.54, 1.807) is 0 Å². The molecule has 6 heteroatoms. The van der Waals surface area contributed by atoms with Gasteiger partial charge in [0.1, 0.15) is 4.88 Å². The minimum Gasteiger partial charge on any atom is -0.397 e. The van der Waals surface area contributed by atoms with Crippen LogP contribution in [0, 0.1) is 0 Å². The van der Waals surface area contributed by atoms with Crippen LogP contribution in [0.15, 0.2) is 24.3 Å². The van der Waals surface area contributed by atoms with Crippen molar-refractivity contribution in [2.75, 3.05) is 43.4 Å². The van der Waals surface area contributed by atoms with Gasteiger partial charge in [-0.15, -0.1) is 11.3 Å². The molecule has 1 aliphatic heterocycles. The molecule has 2 aromatic rings. The number of amides is 1. The zero-order valence-electron chi connectivity index (χ0n) is 11.8. The van der Waals surface area contributed by atoms with Crippen LogP contribution < -0.4 is 11.1 Å². The van der Waals surface area contributed by atoms with Crippen LogP contribution in [-0.4, -0.2) is 48.5 Å². The van der Waals surface area contributed by atoms with E-state index in [-0.39, 0.29) is 5.91 Å². The maximum atomic E-state index is 12.3. The molecule has 1 aromatic heterocycles. The summed E-state index contributed by atoms with van der Waals surface area (Å²) in [5.74, 6) is 2.33. The summed E-state index contributed by atoms with van der Waals surface area (Å²) in [6, 6.07) is 7.87. The van der Waals surface area contributed by atoms with E-state index < -0.39 is 0 Å². The third-order valence-electron chi connectivity index (χ3n) is 3.66. The molecule has 112 valence electrons.